The topological polar surface area (TPSA) is 64.7 Å². The number of hydrogen-bond acceptors (Lipinski definition) is 4. The van der Waals surface area contributed by atoms with Gasteiger partial charge in [-0.25, -0.2) is 19.0 Å². The third-order valence-corrected chi connectivity index (χ3v) is 5.90. The molecule has 0 saturated heterocycles. The average Bonchev–Trinajstić information content (AvgIpc) is 3.13. The van der Waals surface area contributed by atoms with Crippen LogP contribution in [-0.2, 0) is 13.1 Å². The second-order valence-corrected chi connectivity index (χ2v) is 8.03. The summed E-state index contributed by atoms with van der Waals surface area (Å²) in [4.78, 5) is 22.5. The largest absolute Gasteiger partial charge is 0.348 e. The van der Waals surface area contributed by atoms with Crippen molar-refractivity contribution in [2.24, 2.45) is 0 Å². The van der Waals surface area contributed by atoms with Crippen LogP contribution in [0.15, 0.2) is 71.7 Å². The van der Waals surface area contributed by atoms with Crippen molar-refractivity contribution in [1.82, 2.24) is 19.3 Å². The zero-order valence-electron chi connectivity index (χ0n) is 17.8. The van der Waals surface area contributed by atoms with E-state index >= 15 is 0 Å². The molecule has 0 unspecified atom stereocenters. The lowest BCUT2D eigenvalue weighted by molar-refractivity contribution is 0.358. The molecular weight excluding hydrogens is 405 g/mol. The highest BCUT2D eigenvalue weighted by atomic mass is 19.1. The number of nitrogens with one attached hydrogen (secondary N) is 1. The molecule has 0 radical (unpaired) electrons. The molecule has 0 aliphatic carbocycles. The lowest BCUT2D eigenvalue weighted by Gasteiger charge is -2.20. The molecule has 1 aliphatic heterocycles. The Labute approximate surface area is 185 Å². The van der Waals surface area contributed by atoms with Gasteiger partial charge in [0, 0.05) is 19.3 Å². The Morgan fingerprint density at radius 2 is 1.69 bits per heavy atom. The molecule has 0 saturated carbocycles. The monoisotopic (exact) mass is 429 g/mol. The Hall–Kier alpha value is -3.74. The van der Waals surface area contributed by atoms with E-state index in [0.29, 0.717) is 29.3 Å². The first-order valence-corrected chi connectivity index (χ1v) is 10.9. The number of fused-ring (bicyclic) bond motifs is 1. The molecule has 3 heterocycles. The molecule has 0 bridgehead atoms. The number of halogens is 1. The summed E-state index contributed by atoms with van der Waals surface area (Å²) in [6.07, 6.45) is 3.65. The quantitative estimate of drug-likeness (QED) is 0.491. The van der Waals surface area contributed by atoms with Crippen LogP contribution in [0.5, 0.6) is 0 Å². The van der Waals surface area contributed by atoms with Crippen molar-refractivity contribution in [2.75, 3.05) is 5.32 Å². The lowest BCUT2D eigenvalue weighted by atomic mass is 10.0. The highest BCUT2D eigenvalue weighted by Gasteiger charge is 2.25. The van der Waals surface area contributed by atoms with Gasteiger partial charge in [-0.3, -0.25) is 9.48 Å². The van der Waals surface area contributed by atoms with Crippen LogP contribution in [0.4, 0.5) is 10.3 Å². The van der Waals surface area contributed by atoms with Crippen molar-refractivity contribution in [3.05, 3.63) is 88.6 Å². The second kappa shape index (κ2) is 8.42. The Morgan fingerprint density at radius 1 is 0.969 bits per heavy atom. The number of hydrogen-bond donors (Lipinski definition) is 1. The normalized spacial score (nSPS) is 14.1. The Bertz CT molecular complexity index is 1290. The van der Waals surface area contributed by atoms with E-state index in [0.717, 1.165) is 30.6 Å². The molecule has 1 N–H and O–H groups in total. The maximum atomic E-state index is 13.6. The summed E-state index contributed by atoms with van der Waals surface area (Å²) in [6, 6.07) is 18.0. The minimum atomic E-state index is -0.331. The summed E-state index contributed by atoms with van der Waals surface area (Å²) in [5.74, 6) is 0.163. The molecule has 7 heteroatoms. The van der Waals surface area contributed by atoms with Gasteiger partial charge in [-0.05, 0) is 49.1 Å². The molecule has 6 nitrogen and oxygen atoms in total. The molecule has 0 spiro atoms. The third-order valence-electron chi connectivity index (χ3n) is 5.90. The molecule has 5 rings (SSSR count). The highest BCUT2D eigenvalue weighted by molar-refractivity contribution is 5.79. The van der Waals surface area contributed by atoms with Crippen molar-refractivity contribution in [3.8, 4) is 22.5 Å². The predicted octanol–water partition coefficient (Wildman–Crippen LogP) is 4.88. The van der Waals surface area contributed by atoms with Crippen molar-refractivity contribution in [2.45, 2.75) is 38.9 Å². The van der Waals surface area contributed by atoms with Crippen LogP contribution in [0.3, 0.4) is 0 Å². The summed E-state index contributed by atoms with van der Waals surface area (Å²) in [5, 5.41) is 3.36. The molecule has 4 aromatic rings. The minimum Gasteiger partial charge on any atom is -0.348 e. The van der Waals surface area contributed by atoms with Crippen LogP contribution in [0.2, 0.25) is 0 Å². The second-order valence-electron chi connectivity index (χ2n) is 8.03. The molecule has 32 heavy (non-hydrogen) atoms. The van der Waals surface area contributed by atoms with E-state index in [-0.39, 0.29) is 17.4 Å². The van der Waals surface area contributed by atoms with Crippen LogP contribution in [0.25, 0.3) is 22.5 Å². The molecule has 162 valence electrons. The van der Waals surface area contributed by atoms with Crippen LogP contribution >= 0.6 is 0 Å². The van der Waals surface area contributed by atoms with E-state index in [1.807, 2.05) is 28.9 Å². The van der Waals surface area contributed by atoms with Gasteiger partial charge >= 0.3 is 0 Å². The van der Waals surface area contributed by atoms with E-state index < -0.39 is 0 Å². The van der Waals surface area contributed by atoms with E-state index in [1.54, 1.807) is 23.0 Å². The van der Waals surface area contributed by atoms with E-state index in [1.165, 1.54) is 12.1 Å². The van der Waals surface area contributed by atoms with Gasteiger partial charge in [-0.1, -0.05) is 42.5 Å². The van der Waals surface area contributed by atoms with Gasteiger partial charge in [0.05, 0.1) is 23.0 Å². The first-order valence-electron chi connectivity index (χ1n) is 10.9. The molecule has 0 amide bonds. The summed E-state index contributed by atoms with van der Waals surface area (Å²) in [5.41, 5.74) is 3.71. The highest BCUT2D eigenvalue weighted by Crippen LogP contribution is 2.31. The van der Waals surface area contributed by atoms with Gasteiger partial charge in [0.25, 0.3) is 5.56 Å². The van der Waals surface area contributed by atoms with Gasteiger partial charge in [0.15, 0.2) is 0 Å². The summed E-state index contributed by atoms with van der Waals surface area (Å²) >= 11 is 0. The first kappa shape index (κ1) is 20.2. The van der Waals surface area contributed by atoms with E-state index in [9.17, 15) is 9.18 Å². The molecule has 1 aliphatic rings. The van der Waals surface area contributed by atoms with Crippen LogP contribution in [0.1, 0.15) is 31.4 Å². The fourth-order valence-electron chi connectivity index (χ4n) is 4.28. The van der Waals surface area contributed by atoms with E-state index in [2.05, 4.69) is 29.4 Å². The summed E-state index contributed by atoms with van der Waals surface area (Å²) in [7, 11) is 0. The third kappa shape index (κ3) is 3.70. The van der Waals surface area contributed by atoms with Gasteiger partial charge in [-0.2, -0.15) is 0 Å². The molecule has 2 aromatic heterocycles. The Kier molecular flexibility index (Phi) is 5.31. The zero-order chi connectivity index (χ0) is 22.1. The summed E-state index contributed by atoms with van der Waals surface area (Å²) < 4.78 is 17.3. The van der Waals surface area contributed by atoms with Crippen molar-refractivity contribution < 1.29 is 4.39 Å². The fraction of sp³-hybridized carbons (Fsp3) is 0.240. The van der Waals surface area contributed by atoms with Gasteiger partial charge in [-0.15, -0.1) is 0 Å². The molecule has 0 fully saturated rings. The maximum Gasteiger partial charge on any atom is 0.275 e. The standard InChI is InChI=1S/C25H24FN5O/c1-17(18-7-3-2-4-8-18)28-25-27-14-13-21(29-25)23-22(19-9-11-20(26)12-10-19)24(32)31-16-6-5-15-30(23)31/h2-4,7-14,17H,5-6,15-16H2,1H3,(H,27,28,29)/t17-/m0/s1. The first-order chi connectivity index (χ1) is 15.6. The number of benzene rings is 2. The van der Waals surface area contributed by atoms with Gasteiger partial charge < -0.3 is 5.32 Å². The fourth-order valence-corrected chi connectivity index (χ4v) is 4.28. The summed E-state index contributed by atoms with van der Waals surface area (Å²) in [6.45, 7) is 3.45. The van der Waals surface area contributed by atoms with E-state index in [4.69, 9.17) is 4.98 Å². The zero-order valence-corrected chi connectivity index (χ0v) is 17.8. The molecule has 1 atom stereocenters. The van der Waals surface area contributed by atoms with Crippen LogP contribution in [0, 0.1) is 5.82 Å². The smallest absolute Gasteiger partial charge is 0.275 e. The SMILES string of the molecule is C[C@H](Nc1nccc(-c2c(-c3ccc(F)cc3)c(=O)n3n2CCCC3)n1)c1ccccc1. The van der Waals surface area contributed by atoms with Crippen molar-refractivity contribution >= 4 is 5.95 Å². The molecular formula is C25H24FN5O. The maximum absolute atomic E-state index is 13.6. The Balaban J connectivity index is 1.60. The van der Waals surface area contributed by atoms with Crippen LogP contribution in [-0.4, -0.2) is 19.3 Å². The number of anilines is 1. The van der Waals surface area contributed by atoms with Crippen LogP contribution < -0.4 is 10.9 Å². The number of nitrogens with zero attached hydrogens (tertiary/aromatic N) is 4. The van der Waals surface area contributed by atoms with Crippen molar-refractivity contribution in [3.63, 3.8) is 0 Å². The number of rotatable bonds is 5. The Morgan fingerprint density at radius 3 is 2.44 bits per heavy atom. The minimum absolute atomic E-state index is 0.0219. The average molecular weight is 429 g/mol. The van der Waals surface area contributed by atoms with Crippen molar-refractivity contribution in [1.29, 1.82) is 0 Å². The number of aromatic nitrogens is 4. The van der Waals surface area contributed by atoms with Gasteiger partial charge in [0.1, 0.15) is 5.82 Å². The lowest BCUT2D eigenvalue weighted by Crippen LogP contribution is -2.27. The predicted molar refractivity (Wildman–Crippen MR) is 123 cm³/mol. The molecule has 2 aromatic carbocycles. The van der Waals surface area contributed by atoms with Gasteiger partial charge in [0.2, 0.25) is 5.95 Å².